The van der Waals surface area contributed by atoms with Gasteiger partial charge in [0.05, 0.1) is 12.8 Å². The highest BCUT2D eigenvalue weighted by atomic mass is 35.5. The zero-order chi connectivity index (χ0) is 13.1. The lowest BCUT2D eigenvalue weighted by Crippen LogP contribution is -2.25. The molecule has 1 aromatic heterocycles. The topological polar surface area (TPSA) is 58.2 Å². The number of hydroxylamine groups is 2. The highest BCUT2D eigenvalue weighted by Crippen LogP contribution is 2.21. The number of nitrogens with one attached hydrogen (secondary N) is 1. The maximum atomic E-state index is 11.8. The molecule has 1 aromatic carbocycles. The first-order chi connectivity index (χ1) is 8.61. The Bertz CT molecular complexity index is 568. The van der Waals surface area contributed by atoms with Gasteiger partial charge in [0.15, 0.2) is 0 Å². The highest BCUT2D eigenvalue weighted by molar-refractivity contribution is 6.30. The lowest BCUT2D eigenvalue weighted by Gasteiger charge is -2.11. The van der Waals surface area contributed by atoms with E-state index in [9.17, 15) is 4.79 Å². The van der Waals surface area contributed by atoms with E-state index in [-0.39, 0.29) is 5.91 Å². The summed E-state index contributed by atoms with van der Waals surface area (Å²) in [4.78, 5) is 16.6. The number of hydrogen-bond acceptors (Lipinski definition) is 3. The molecular formula is C12H12ClN3O2. The Morgan fingerprint density at radius 2 is 2.22 bits per heavy atom. The number of rotatable bonds is 3. The summed E-state index contributed by atoms with van der Waals surface area (Å²) >= 11 is 5.90. The molecule has 18 heavy (non-hydrogen) atoms. The molecule has 1 N–H and O–H groups in total. The molecule has 1 heterocycles. The molecule has 0 saturated heterocycles. The Hall–Kier alpha value is -1.85. The van der Waals surface area contributed by atoms with Crippen molar-refractivity contribution in [2.45, 2.75) is 0 Å². The minimum atomic E-state index is -0.293. The Morgan fingerprint density at radius 3 is 2.89 bits per heavy atom. The van der Waals surface area contributed by atoms with Crippen LogP contribution in [-0.4, -0.2) is 35.3 Å². The lowest BCUT2D eigenvalue weighted by atomic mass is 10.1. The van der Waals surface area contributed by atoms with Crippen LogP contribution in [-0.2, 0) is 4.84 Å². The Balaban J connectivity index is 2.28. The molecule has 0 radical (unpaired) electrons. The van der Waals surface area contributed by atoms with Gasteiger partial charge in [-0.1, -0.05) is 23.7 Å². The number of amides is 1. The maximum Gasteiger partial charge on any atom is 0.295 e. The fraction of sp³-hybridized carbons (Fsp3) is 0.167. The van der Waals surface area contributed by atoms with Crippen molar-refractivity contribution in [2.75, 3.05) is 14.2 Å². The van der Waals surface area contributed by atoms with Crippen LogP contribution in [0, 0.1) is 0 Å². The quantitative estimate of drug-likeness (QED) is 0.867. The summed E-state index contributed by atoms with van der Waals surface area (Å²) in [5, 5.41) is 8.50. The predicted octanol–water partition coefficient (Wildman–Crippen LogP) is 2.36. The molecule has 0 unspecified atom stereocenters. The van der Waals surface area contributed by atoms with Gasteiger partial charge in [0.2, 0.25) is 0 Å². The molecule has 0 spiro atoms. The van der Waals surface area contributed by atoms with Gasteiger partial charge in [-0.2, -0.15) is 5.10 Å². The second-order valence-corrected chi connectivity index (χ2v) is 4.10. The molecule has 6 heteroatoms. The molecule has 2 rings (SSSR count). The molecular weight excluding hydrogens is 254 g/mol. The fourth-order valence-corrected chi connectivity index (χ4v) is 1.67. The number of aromatic amines is 1. The highest BCUT2D eigenvalue weighted by Gasteiger charge is 2.15. The van der Waals surface area contributed by atoms with Gasteiger partial charge in [0.25, 0.3) is 5.91 Å². The molecule has 0 aliphatic heterocycles. The van der Waals surface area contributed by atoms with Gasteiger partial charge in [0, 0.05) is 17.6 Å². The van der Waals surface area contributed by atoms with Crippen LogP contribution in [0.2, 0.25) is 5.02 Å². The van der Waals surface area contributed by atoms with Crippen molar-refractivity contribution in [3.63, 3.8) is 0 Å². The molecule has 0 bridgehead atoms. The molecule has 0 aliphatic carbocycles. The van der Waals surface area contributed by atoms with E-state index in [1.165, 1.54) is 14.2 Å². The van der Waals surface area contributed by atoms with Crippen molar-refractivity contribution in [1.29, 1.82) is 0 Å². The van der Waals surface area contributed by atoms with Crippen molar-refractivity contribution in [3.8, 4) is 11.3 Å². The molecule has 1 amide bonds. The predicted molar refractivity (Wildman–Crippen MR) is 68.1 cm³/mol. The summed E-state index contributed by atoms with van der Waals surface area (Å²) in [6.07, 6.45) is 0. The molecule has 0 aliphatic rings. The van der Waals surface area contributed by atoms with Gasteiger partial charge in [-0.25, -0.2) is 5.06 Å². The van der Waals surface area contributed by atoms with Gasteiger partial charge >= 0.3 is 0 Å². The maximum absolute atomic E-state index is 11.8. The van der Waals surface area contributed by atoms with Gasteiger partial charge in [-0.15, -0.1) is 0 Å². The molecule has 5 nitrogen and oxygen atoms in total. The normalized spacial score (nSPS) is 10.4. The van der Waals surface area contributed by atoms with Crippen LogP contribution < -0.4 is 0 Å². The monoisotopic (exact) mass is 265 g/mol. The lowest BCUT2D eigenvalue weighted by molar-refractivity contribution is -0.0760. The zero-order valence-electron chi connectivity index (χ0n) is 9.98. The van der Waals surface area contributed by atoms with Crippen molar-refractivity contribution in [3.05, 3.63) is 41.0 Å². The molecule has 0 saturated carbocycles. The van der Waals surface area contributed by atoms with Crippen molar-refractivity contribution in [1.82, 2.24) is 15.3 Å². The number of carbonyl (C=O) groups is 1. The number of hydrogen-bond donors (Lipinski definition) is 1. The van der Waals surface area contributed by atoms with Crippen molar-refractivity contribution in [2.24, 2.45) is 0 Å². The summed E-state index contributed by atoms with van der Waals surface area (Å²) in [5.41, 5.74) is 1.86. The first kappa shape index (κ1) is 12.6. The number of halogens is 1. The van der Waals surface area contributed by atoms with Crippen molar-refractivity contribution < 1.29 is 9.63 Å². The average molecular weight is 266 g/mol. The van der Waals surface area contributed by atoms with Crippen LogP contribution in [0.5, 0.6) is 0 Å². The minimum absolute atomic E-state index is 0.293. The van der Waals surface area contributed by atoms with E-state index >= 15 is 0 Å². The first-order valence-electron chi connectivity index (χ1n) is 5.25. The molecule has 2 aromatic rings. The largest absolute Gasteiger partial charge is 0.295 e. The third-order valence-electron chi connectivity index (χ3n) is 2.49. The summed E-state index contributed by atoms with van der Waals surface area (Å²) in [7, 11) is 2.95. The Labute approximate surface area is 109 Å². The van der Waals surface area contributed by atoms with E-state index in [1.54, 1.807) is 18.2 Å². The second-order valence-electron chi connectivity index (χ2n) is 3.66. The molecule has 0 fully saturated rings. The number of benzene rings is 1. The van der Waals surface area contributed by atoms with Crippen LogP contribution >= 0.6 is 11.6 Å². The Morgan fingerprint density at radius 1 is 1.44 bits per heavy atom. The van der Waals surface area contributed by atoms with Gasteiger partial charge in [-0.05, 0) is 18.2 Å². The summed E-state index contributed by atoms with van der Waals surface area (Å²) in [6, 6.07) is 8.92. The summed E-state index contributed by atoms with van der Waals surface area (Å²) in [6.45, 7) is 0. The number of carbonyl (C=O) groups excluding carboxylic acids is 1. The summed E-state index contributed by atoms with van der Waals surface area (Å²) in [5.74, 6) is -0.293. The zero-order valence-corrected chi connectivity index (χ0v) is 10.7. The van der Waals surface area contributed by atoms with E-state index < -0.39 is 0 Å². The first-order valence-corrected chi connectivity index (χ1v) is 5.63. The molecule has 94 valence electrons. The third kappa shape index (κ3) is 2.52. The second kappa shape index (κ2) is 5.20. The van der Waals surface area contributed by atoms with E-state index in [1.807, 2.05) is 12.1 Å². The number of nitrogens with zero attached hydrogens (tertiary/aromatic N) is 2. The number of H-pyrrole nitrogens is 1. The van der Waals surface area contributed by atoms with Gasteiger partial charge in [0.1, 0.15) is 5.69 Å². The van der Waals surface area contributed by atoms with Crippen LogP contribution in [0.15, 0.2) is 30.3 Å². The molecule has 0 atom stereocenters. The van der Waals surface area contributed by atoms with E-state index in [0.717, 1.165) is 10.6 Å². The SMILES string of the molecule is CON(C)C(=O)c1cc(-c2cccc(Cl)c2)n[nH]1. The average Bonchev–Trinajstić information content (AvgIpc) is 2.86. The standard InChI is InChI=1S/C12H12ClN3O2/c1-16(18-2)12(17)11-7-10(14-15-11)8-4-3-5-9(13)6-8/h3-7H,1-2H3,(H,14,15). The van der Waals surface area contributed by atoms with Gasteiger partial charge < -0.3 is 0 Å². The van der Waals surface area contributed by atoms with Crippen molar-refractivity contribution >= 4 is 17.5 Å². The van der Waals surface area contributed by atoms with Crippen LogP contribution in [0.4, 0.5) is 0 Å². The van der Waals surface area contributed by atoms with E-state index in [2.05, 4.69) is 10.2 Å². The fourth-order valence-electron chi connectivity index (χ4n) is 1.48. The Kier molecular flexibility index (Phi) is 3.64. The van der Waals surface area contributed by atoms with Crippen LogP contribution in [0.3, 0.4) is 0 Å². The van der Waals surface area contributed by atoms with Crippen LogP contribution in [0.1, 0.15) is 10.5 Å². The number of aromatic nitrogens is 2. The minimum Gasteiger partial charge on any atom is -0.274 e. The smallest absolute Gasteiger partial charge is 0.274 e. The third-order valence-corrected chi connectivity index (χ3v) is 2.72. The van der Waals surface area contributed by atoms with E-state index in [0.29, 0.717) is 16.4 Å². The summed E-state index contributed by atoms with van der Waals surface area (Å²) < 4.78 is 0. The van der Waals surface area contributed by atoms with Gasteiger partial charge in [-0.3, -0.25) is 14.7 Å². The van der Waals surface area contributed by atoms with E-state index in [4.69, 9.17) is 16.4 Å². The van der Waals surface area contributed by atoms with Crippen LogP contribution in [0.25, 0.3) is 11.3 Å².